The summed E-state index contributed by atoms with van der Waals surface area (Å²) in [5, 5.41) is 5.88. The Kier molecular flexibility index (Phi) is 4.13. The third-order valence-electron chi connectivity index (χ3n) is 2.82. The van der Waals surface area contributed by atoms with Crippen molar-refractivity contribution >= 4 is 11.6 Å². The van der Waals surface area contributed by atoms with Gasteiger partial charge in [-0.05, 0) is 31.2 Å². The van der Waals surface area contributed by atoms with Gasteiger partial charge in [-0.15, -0.1) is 0 Å². The lowest BCUT2D eigenvalue weighted by Gasteiger charge is -2.09. The van der Waals surface area contributed by atoms with E-state index in [9.17, 15) is 4.79 Å². The van der Waals surface area contributed by atoms with Gasteiger partial charge in [0.1, 0.15) is 0 Å². The number of amides is 1. The Morgan fingerprint density at radius 2 is 1.95 bits per heavy atom. The van der Waals surface area contributed by atoms with E-state index in [2.05, 4.69) is 15.6 Å². The molecule has 0 atom stereocenters. The number of nitrogens with zero attached hydrogens (tertiary/aromatic N) is 1. The summed E-state index contributed by atoms with van der Waals surface area (Å²) in [5.74, 6) is -0.103. The lowest BCUT2D eigenvalue weighted by Crippen LogP contribution is -2.24. The summed E-state index contributed by atoms with van der Waals surface area (Å²) in [6, 6.07) is 13.2. The molecule has 0 radical (unpaired) electrons. The van der Waals surface area contributed by atoms with Gasteiger partial charge < -0.3 is 10.6 Å². The summed E-state index contributed by atoms with van der Waals surface area (Å²) < 4.78 is 0. The van der Waals surface area contributed by atoms with Gasteiger partial charge in [0.25, 0.3) is 5.91 Å². The second kappa shape index (κ2) is 6.00. The first-order valence-electron chi connectivity index (χ1n) is 6.18. The molecule has 2 aromatic rings. The first-order chi connectivity index (χ1) is 9.20. The molecule has 0 spiro atoms. The molecule has 1 heterocycles. The molecule has 19 heavy (non-hydrogen) atoms. The maximum absolute atomic E-state index is 12.1. The van der Waals surface area contributed by atoms with Crippen LogP contribution in [0.2, 0.25) is 0 Å². The van der Waals surface area contributed by atoms with E-state index < -0.39 is 0 Å². The van der Waals surface area contributed by atoms with Crippen LogP contribution in [0.5, 0.6) is 0 Å². The zero-order chi connectivity index (χ0) is 13.7. The molecule has 4 nitrogen and oxygen atoms in total. The fourth-order valence-electron chi connectivity index (χ4n) is 1.86. The van der Waals surface area contributed by atoms with Crippen molar-refractivity contribution in [2.24, 2.45) is 0 Å². The minimum Gasteiger partial charge on any atom is -0.387 e. The summed E-state index contributed by atoms with van der Waals surface area (Å²) >= 11 is 0. The second-order valence-corrected chi connectivity index (χ2v) is 4.25. The van der Waals surface area contributed by atoms with E-state index >= 15 is 0 Å². The van der Waals surface area contributed by atoms with Crippen molar-refractivity contribution in [1.29, 1.82) is 0 Å². The molecule has 2 rings (SSSR count). The summed E-state index contributed by atoms with van der Waals surface area (Å²) in [6.45, 7) is 2.36. The van der Waals surface area contributed by atoms with Crippen LogP contribution in [0.15, 0.2) is 42.5 Å². The molecule has 0 fully saturated rings. The number of carbonyl (C=O) groups excluding carboxylic acids is 1. The maximum Gasteiger partial charge on any atom is 0.253 e. The Labute approximate surface area is 112 Å². The largest absolute Gasteiger partial charge is 0.387 e. The van der Waals surface area contributed by atoms with E-state index in [0.717, 1.165) is 17.1 Å². The van der Waals surface area contributed by atoms with Crippen LogP contribution < -0.4 is 10.6 Å². The SMILES string of the molecule is CNc1ccccc1C(=O)NCc1cccc(C)n1. The van der Waals surface area contributed by atoms with E-state index in [0.29, 0.717) is 12.1 Å². The number of pyridine rings is 1. The molecule has 0 unspecified atom stereocenters. The minimum absolute atomic E-state index is 0.103. The Bertz CT molecular complexity index is 581. The van der Waals surface area contributed by atoms with Crippen molar-refractivity contribution in [1.82, 2.24) is 10.3 Å². The molecule has 2 N–H and O–H groups in total. The average molecular weight is 255 g/mol. The quantitative estimate of drug-likeness (QED) is 0.881. The van der Waals surface area contributed by atoms with Gasteiger partial charge in [0, 0.05) is 18.4 Å². The lowest BCUT2D eigenvalue weighted by molar-refractivity contribution is 0.0951. The molecule has 4 heteroatoms. The number of benzene rings is 1. The third-order valence-corrected chi connectivity index (χ3v) is 2.82. The zero-order valence-corrected chi connectivity index (χ0v) is 11.1. The van der Waals surface area contributed by atoms with Crippen molar-refractivity contribution in [2.45, 2.75) is 13.5 Å². The molecule has 0 saturated heterocycles. The topological polar surface area (TPSA) is 54.0 Å². The minimum atomic E-state index is -0.103. The Morgan fingerprint density at radius 3 is 2.68 bits per heavy atom. The van der Waals surface area contributed by atoms with Crippen LogP contribution >= 0.6 is 0 Å². The van der Waals surface area contributed by atoms with Gasteiger partial charge in [-0.25, -0.2) is 0 Å². The molecule has 1 aromatic heterocycles. The van der Waals surface area contributed by atoms with Crippen molar-refractivity contribution in [2.75, 3.05) is 12.4 Å². The molecule has 0 aliphatic carbocycles. The molecule has 0 aliphatic heterocycles. The third kappa shape index (κ3) is 3.31. The normalized spacial score (nSPS) is 10.0. The highest BCUT2D eigenvalue weighted by molar-refractivity contribution is 5.99. The lowest BCUT2D eigenvalue weighted by atomic mass is 10.1. The van der Waals surface area contributed by atoms with Crippen LogP contribution in [0.25, 0.3) is 0 Å². The smallest absolute Gasteiger partial charge is 0.253 e. The van der Waals surface area contributed by atoms with Gasteiger partial charge in [-0.1, -0.05) is 18.2 Å². The van der Waals surface area contributed by atoms with Gasteiger partial charge in [0.15, 0.2) is 0 Å². The molecule has 1 amide bonds. The standard InChI is InChI=1S/C15H17N3O/c1-11-6-5-7-12(18-11)10-17-15(19)13-8-3-4-9-14(13)16-2/h3-9,16H,10H2,1-2H3,(H,17,19). The highest BCUT2D eigenvalue weighted by Crippen LogP contribution is 2.13. The van der Waals surface area contributed by atoms with Crippen LogP contribution in [0.1, 0.15) is 21.7 Å². The molecule has 98 valence electrons. The summed E-state index contributed by atoms with van der Waals surface area (Å²) in [6.07, 6.45) is 0. The Morgan fingerprint density at radius 1 is 1.16 bits per heavy atom. The number of anilines is 1. The van der Waals surface area contributed by atoms with Gasteiger partial charge in [0.2, 0.25) is 0 Å². The van der Waals surface area contributed by atoms with Crippen molar-refractivity contribution in [3.05, 3.63) is 59.4 Å². The summed E-state index contributed by atoms with van der Waals surface area (Å²) in [5.41, 5.74) is 3.26. The zero-order valence-electron chi connectivity index (χ0n) is 11.1. The molecule has 1 aromatic carbocycles. The first-order valence-corrected chi connectivity index (χ1v) is 6.18. The maximum atomic E-state index is 12.1. The number of nitrogens with one attached hydrogen (secondary N) is 2. The molecular formula is C15H17N3O. The number of aromatic nitrogens is 1. The van der Waals surface area contributed by atoms with Crippen LogP contribution in [0.4, 0.5) is 5.69 Å². The van der Waals surface area contributed by atoms with Gasteiger partial charge in [0.05, 0.1) is 17.8 Å². The monoisotopic (exact) mass is 255 g/mol. The first kappa shape index (κ1) is 13.1. The highest BCUT2D eigenvalue weighted by Gasteiger charge is 2.09. The van der Waals surface area contributed by atoms with Crippen LogP contribution in [-0.2, 0) is 6.54 Å². The van der Waals surface area contributed by atoms with Crippen LogP contribution in [-0.4, -0.2) is 17.9 Å². The molecule has 0 saturated carbocycles. The fourth-order valence-corrected chi connectivity index (χ4v) is 1.86. The number of hydrogen-bond acceptors (Lipinski definition) is 3. The highest BCUT2D eigenvalue weighted by atomic mass is 16.1. The predicted octanol–water partition coefficient (Wildman–Crippen LogP) is 2.36. The number of carbonyl (C=O) groups is 1. The fraction of sp³-hybridized carbons (Fsp3) is 0.200. The number of para-hydroxylation sites is 1. The van der Waals surface area contributed by atoms with E-state index in [1.165, 1.54) is 0 Å². The molecular weight excluding hydrogens is 238 g/mol. The van der Waals surface area contributed by atoms with Gasteiger partial charge in [-0.3, -0.25) is 9.78 Å². The van der Waals surface area contributed by atoms with Crippen molar-refractivity contribution < 1.29 is 4.79 Å². The Hall–Kier alpha value is -2.36. The van der Waals surface area contributed by atoms with Crippen molar-refractivity contribution in [3.8, 4) is 0 Å². The summed E-state index contributed by atoms with van der Waals surface area (Å²) in [7, 11) is 1.80. The second-order valence-electron chi connectivity index (χ2n) is 4.25. The van der Waals surface area contributed by atoms with E-state index in [1.54, 1.807) is 13.1 Å². The number of aryl methyl sites for hydroxylation is 1. The van der Waals surface area contributed by atoms with Crippen LogP contribution in [0.3, 0.4) is 0 Å². The average Bonchev–Trinajstić information content (AvgIpc) is 2.45. The van der Waals surface area contributed by atoms with Gasteiger partial charge >= 0.3 is 0 Å². The van der Waals surface area contributed by atoms with E-state index in [4.69, 9.17) is 0 Å². The Balaban J connectivity index is 2.05. The van der Waals surface area contributed by atoms with Gasteiger partial charge in [-0.2, -0.15) is 0 Å². The van der Waals surface area contributed by atoms with E-state index in [1.807, 2.05) is 43.3 Å². The predicted molar refractivity (Wildman–Crippen MR) is 76.1 cm³/mol. The number of rotatable bonds is 4. The van der Waals surface area contributed by atoms with E-state index in [-0.39, 0.29) is 5.91 Å². The van der Waals surface area contributed by atoms with Crippen molar-refractivity contribution in [3.63, 3.8) is 0 Å². The van der Waals surface area contributed by atoms with Crippen LogP contribution in [0, 0.1) is 6.92 Å². The molecule has 0 bridgehead atoms. The number of hydrogen-bond donors (Lipinski definition) is 2. The molecule has 0 aliphatic rings. The summed E-state index contributed by atoms with van der Waals surface area (Å²) in [4.78, 5) is 16.5.